The summed E-state index contributed by atoms with van der Waals surface area (Å²) in [7, 11) is 3.35. The summed E-state index contributed by atoms with van der Waals surface area (Å²) in [6.07, 6.45) is 0.128. The van der Waals surface area contributed by atoms with E-state index in [1.54, 1.807) is 26.2 Å². The van der Waals surface area contributed by atoms with Gasteiger partial charge in [0.25, 0.3) is 0 Å². The fraction of sp³-hybridized carbons (Fsp3) is 0.471. The number of nitrogens with zero attached hydrogens (tertiary/aromatic N) is 2. The monoisotopic (exact) mass is 351 g/mol. The summed E-state index contributed by atoms with van der Waals surface area (Å²) >= 11 is 0. The minimum Gasteiger partial charge on any atom is -0.357 e. The third kappa shape index (κ3) is 8.69. The van der Waals surface area contributed by atoms with Crippen LogP contribution in [0.25, 0.3) is 0 Å². The van der Waals surface area contributed by atoms with Gasteiger partial charge in [-0.25, -0.2) is 9.38 Å². The lowest BCUT2D eigenvalue weighted by molar-refractivity contribution is -0.127. The van der Waals surface area contributed by atoms with E-state index in [4.69, 9.17) is 0 Å². The van der Waals surface area contributed by atoms with Crippen LogP contribution in [0, 0.1) is 5.82 Å². The number of guanidine groups is 1. The first-order valence-corrected chi connectivity index (χ1v) is 8.15. The van der Waals surface area contributed by atoms with Crippen LogP contribution in [0.3, 0.4) is 0 Å². The first-order chi connectivity index (χ1) is 11.9. The van der Waals surface area contributed by atoms with Crippen molar-refractivity contribution in [1.82, 2.24) is 20.9 Å². The molecule has 1 aromatic rings. The number of aliphatic imine (C=N–C) groups is 1. The molecule has 0 bridgehead atoms. The Kier molecular flexibility index (Phi) is 8.99. The van der Waals surface area contributed by atoms with Crippen LogP contribution < -0.4 is 16.0 Å². The van der Waals surface area contributed by atoms with Crippen LogP contribution in [0.15, 0.2) is 29.3 Å². The van der Waals surface area contributed by atoms with Crippen LogP contribution in [0.2, 0.25) is 0 Å². The maximum absolute atomic E-state index is 13.1. The molecule has 0 aliphatic heterocycles. The highest BCUT2D eigenvalue weighted by molar-refractivity contribution is 5.84. The van der Waals surface area contributed by atoms with Crippen molar-refractivity contribution in [3.63, 3.8) is 0 Å². The first kappa shape index (κ1) is 20.4. The summed E-state index contributed by atoms with van der Waals surface area (Å²) in [4.78, 5) is 29.0. The van der Waals surface area contributed by atoms with E-state index < -0.39 is 0 Å². The number of amides is 2. The van der Waals surface area contributed by atoms with Gasteiger partial charge < -0.3 is 20.9 Å². The van der Waals surface area contributed by atoms with Gasteiger partial charge in [-0.05, 0) is 24.6 Å². The molecule has 1 aromatic carbocycles. The molecule has 0 fully saturated rings. The molecule has 0 heterocycles. The third-order valence-corrected chi connectivity index (χ3v) is 3.21. The summed E-state index contributed by atoms with van der Waals surface area (Å²) in [5.41, 5.74) is 0.627. The van der Waals surface area contributed by atoms with Crippen LogP contribution in [-0.4, -0.2) is 62.9 Å². The zero-order valence-corrected chi connectivity index (χ0v) is 14.9. The smallest absolute Gasteiger partial charge is 0.243 e. The molecule has 2 amide bonds. The standard InChI is InChI=1S/C17H26FN5O2/c1-4-19-17(22-12-16(25)23(2)3)21-9-8-20-15(24)11-13-6-5-7-14(18)10-13/h5-7,10H,4,8-9,11-12H2,1-3H3,(H,20,24)(H2,19,21,22). The molecule has 0 atom stereocenters. The molecule has 0 unspecified atom stereocenters. The van der Waals surface area contributed by atoms with Crippen molar-refractivity contribution in [3.05, 3.63) is 35.6 Å². The van der Waals surface area contributed by atoms with Crippen LogP contribution in [-0.2, 0) is 16.0 Å². The highest BCUT2D eigenvalue weighted by Gasteiger charge is 2.05. The van der Waals surface area contributed by atoms with Gasteiger partial charge in [-0.2, -0.15) is 0 Å². The Morgan fingerprint density at radius 2 is 1.88 bits per heavy atom. The lowest BCUT2D eigenvalue weighted by Gasteiger charge is -2.13. The second-order valence-corrected chi connectivity index (χ2v) is 5.57. The van der Waals surface area contributed by atoms with E-state index in [9.17, 15) is 14.0 Å². The molecule has 0 radical (unpaired) electrons. The Bertz CT molecular complexity index is 604. The molecule has 0 aliphatic rings. The number of halogens is 1. The molecular formula is C17H26FN5O2. The van der Waals surface area contributed by atoms with E-state index in [1.807, 2.05) is 6.92 Å². The number of carbonyl (C=O) groups excluding carboxylic acids is 2. The normalized spacial score (nSPS) is 11.0. The second-order valence-electron chi connectivity index (χ2n) is 5.57. The second kappa shape index (κ2) is 11.0. The van der Waals surface area contributed by atoms with Crippen LogP contribution >= 0.6 is 0 Å². The van der Waals surface area contributed by atoms with Gasteiger partial charge >= 0.3 is 0 Å². The molecule has 0 saturated carbocycles. The van der Waals surface area contributed by atoms with E-state index in [2.05, 4.69) is 20.9 Å². The minimum atomic E-state index is -0.356. The predicted octanol–water partition coefficient (Wildman–Crippen LogP) is 0.128. The third-order valence-electron chi connectivity index (χ3n) is 3.21. The van der Waals surface area contributed by atoms with E-state index >= 15 is 0 Å². The molecule has 0 aliphatic carbocycles. The summed E-state index contributed by atoms with van der Waals surface area (Å²) < 4.78 is 13.1. The van der Waals surface area contributed by atoms with Gasteiger partial charge in [0.05, 0.1) is 6.42 Å². The Labute approximate surface area is 147 Å². The van der Waals surface area contributed by atoms with Gasteiger partial charge in [-0.1, -0.05) is 12.1 Å². The van der Waals surface area contributed by atoms with Crippen molar-refractivity contribution in [2.75, 3.05) is 40.3 Å². The van der Waals surface area contributed by atoms with Gasteiger partial charge in [-0.15, -0.1) is 0 Å². The fourth-order valence-electron chi connectivity index (χ4n) is 1.91. The van der Waals surface area contributed by atoms with Gasteiger partial charge in [0.2, 0.25) is 11.8 Å². The Balaban J connectivity index is 2.34. The lowest BCUT2D eigenvalue weighted by Crippen LogP contribution is -2.42. The number of rotatable bonds is 8. The average molecular weight is 351 g/mol. The van der Waals surface area contributed by atoms with Crippen LogP contribution in [0.1, 0.15) is 12.5 Å². The molecule has 3 N–H and O–H groups in total. The number of hydrogen-bond donors (Lipinski definition) is 3. The first-order valence-electron chi connectivity index (χ1n) is 8.15. The molecular weight excluding hydrogens is 325 g/mol. The molecule has 25 heavy (non-hydrogen) atoms. The van der Waals surface area contributed by atoms with Crippen LogP contribution in [0.5, 0.6) is 0 Å². The van der Waals surface area contributed by atoms with Crippen molar-refractivity contribution in [3.8, 4) is 0 Å². The maximum Gasteiger partial charge on any atom is 0.243 e. The number of hydrogen-bond acceptors (Lipinski definition) is 3. The Morgan fingerprint density at radius 1 is 1.16 bits per heavy atom. The van der Waals surface area contributed by atoms with E-state index in [1.165, 1.54) is 17.0 Å². The van der Waals surface area contributed by atoms with Crippen molar-refractivity contribution < 1.29 is 14.0 Å². The van der Waals surface area contributed by atoms with Gasteiger partial charge in [0.1, 0.15) is 12.4 Å². The van der Waals surface area contributed by atoms with Gasteiger partial charge in [0, 0.05) is 33.7 Å². The molecule has 7 nitrogen and oxygen atoms in total. The largest absolute Gasteiger partial charge is 0.357 e. The molecule has 0 spiro atoms. The molecule has 8 heteroatoms. The van der Waals surface area contributed by atoms with Gasteiger partial charge in [-0.3, -0.25) is 9.59 Å². The number of benzene rings is 1. The van der Waals surface area contributed by atoms with E-state index in [-0.39, 0.29) is 30.6 Å². The van der Waals surface area contributed by atoms with E-state index in [0.29, 0.717) is 31.2 Å². The number of carbonyl (C=O) groups is 2. The Morgan fingerprint density at radius 3 is 2.52 bits per heavy atom. The highest BCUT2D eigenvalue weighted by atomic mass is 19.1. The average Bonchev–Trinajstić information content (AvgIpc) is 2.55. The van der Waals surface area contributed by atoms with Crippen molar-refractivity contribution in [2.24, 2.45) is 4.99 Å². The summed E-state index contributed by atoms with van der Waals surface area (Å²) in [6, 6.07) is 5.97. The maximum atomic E-state index is 13.1. The number of nitrogens with one attached hydrogen (secondary N) is 3. The summed E-state index contributed by atoms with van der Waals surface area (Å²) in [5, 5.41) is 8.81. The molecule has 1 rings (SSSR count). The summed E-state index contributed by atoms with van der Waals surface area (Å²) in [6.45, 7) is 3.48. The Hall–Kier alpha value is -2.64. The molecule has 0 aromatic heterocycles. The number of likely N-dealkylation sites (N-methyl/N-ethyl adjacent to an activating group) is 1. The predicted molar refractivity (Wildman–Crippen MR) is 95.8 cm³/mol. The fourth-order valence-corrected chi connectivity index (χ4v) is 1.91. The van der Waals surface area contributed by atoms with E-state index in [0.717, 1.165) is 0 Å². The topological polar surface area (TPSA) is 85.8 Å². The quantitative estimate of drug-likeness (QED) is 0.353. The zero-order valence-electron chi connectivity index (χ0n) is 14.9. The van der Waals surface area contributed by atoms with Crippen molar-refractivity contribution >= 4 is 17.8 Å². The van der Waals surface area contributed by atoms with Gasteiger partial charge in [0.15, 0.2) is 5.96 Å². The van der Waals surface area contributed by atoms with Crippen molar-refractivity contribution in [1.29, 1.82) is 0 Å². The zero-order chi connectivity index (χ0) is 18.7. The van der Waals surface area contributed by atoms with Crippen molar-refractivity contribution in [2.45, 2.75) is 13.3 Å². The molecule has 138 valence electrons. The SMILES string of the molecule is CCNC(=NCC(=O)N(C)C)NCCNC(=O)Cc1cccc(F)c1. The minimum absolute atomic E-state index is 0.0499. The summed E-state index contributed by atoms with van der Waals surface area (Å²) in [5.74, 6) is -0.125. The lowest BCUT2D eigenvalue weighted by atomic mass is 10.1. The molecule has 0 saturated heterocycles. The highest BCUT2D eigenvalue weighted by Crippen LogP contribution is 2.03. The van der Waals surface area contributed by atoms with Crippen LogP contribution in [0.4, 0.5) is 4.39 Å².